The van der Waals surface area contributed by atoms with Crippen molar-refractivity contribution in [2.75, 3.05) is 38.1 Å². The Bertz CT molecular complexity index is 565. The zero-order valence-corrected chi connectivity index (χ0v) is 12.8. The first kappa shape index (κ1) is 12.9. The summed E-state index contributed by atoms with van der Waals surface area (Å²) in [6.07, 6.45) is 0. The Kier molecular flexibility index (Phi) is 3.50. The van der Waals surface area contributed by atoms with Crippen molar-refractivity contribution in [3.8, 4) is 0 Å². The number of nitrogens with zero attached hydrogens (tertiary/aromatic N) is 2. The van der Waals surface area contributed by atoms with Gasteiger partial charge in [0.25, 0.3) is 0 Å². The molecule has 0 aliphatic carbocycles. The number of benzene rings is 1. The highest BCUT2D eigenvalue weighted by molar-refractivity contribution is 7.22. The SMILES string of the molecule is CC(C)c1ccc2sc(N3CCN(C)CC3)cc2c1. The summed E-state index contributed by atoms with van der Waals surface area (Å²) in [5.41, 5.74) is 1.44. The first-order valence-corrected chi connectivity index (χ1v) is 7.92. The number of likely N-dealkylation sites (N-methyl/N-ethyl adjacent to an activating group) is 1. The van der Waals surface area contributed by atoms with E-state index in [0.717, 1.165) is 13.1 Å². The van der Waals surface area contributed by atoms with Gasteiger partial charge in [0, 0.05) is 30.9 Å². The third-order valence-corrected chi connectivity index (χ3v) is 5.19. The van der Waals surface area contributed by atoms with Gasteiger partial charge in [-0.1, -0.05) is 19.9 Å². The second kappa shape index (κ2) is 5.14. The molecule has 19 heavy (non-hydrogen) atoms. The lowest BCUT2D eigenvalue weighted by molar-refractivity contribution is 0.313. The van der Waals surface area contributed by atoms with Gasteiger partial charge in [-0.05, 0) is 42.1 Å². The summed E-state index contributed by atoms with van der Waals surface area (Å²) in [5, 5.41) is 2.84. The Morgan fingerprint density at radius 1 is 1.05 bits per heavy atom. The topological polar surface area (TPSA) is 6.48 Å². The van der Waals surface area contributed by atoms with Crippen molar-refractivity contribution < 1.29 is 0 Å². The van der Waals surface area contributed by atoms with Crippen LogP contribution in [-0.4, -0.2) is 38.1 Å². The predicted molar refractivity (Wildman–Crippen MR) is 85.6 cm³/mol. The van der Waals surface area contributed by atoms with Crippen LogP contribution in [0.2, 0.25) is 0 Å². The van der Waals surface area contributed by atoms with Gasteiger partial charge in [-0.15, -0.1) is 11.3 Å². The van der Waals surface area contributed by atoms with Crippen molar-refractivity contribution >= 4 is 26.4 Å². The van der Waals surface area contributed by atoms with E-state index in [4.69, 9.17) is 0 Å². The molecule has 3 rings (SSSR count). The predicted octanol–water partition coefficient (Wildman–Crippen LogP) is 3.78. The Hall–Kier alpha value is -1.06. The lowest BCUT2D eigenvalue weighted by atomic mass is 10.0. The van der Waals surface area contributed by atoms with Crippen LogP contribution in [0.1, 0.15) is 25.3 Å². The number of hydrogen-bond acceptors (Lipinski definition) is 3. The maximum absolute atomic E-state index is 2.53. The van der Waals surface area contributed by atoms with Crippen molar-refractivity contribution in [1.82, 2.24) is 4.90 Å². The summed E-state index contributed by atoms with van der Waals surface area (Å²) in [7, 11) is 2.21. The summed E-state index contributed by atoms with van der Waals surface area (Å²) in [6.45, 7) is 9.17. The Balaban J connectivity index is 1.89. The normalized spacial score (nSPS) is 17.6. The van der Waals surface area contributed by atoms with E-state index < -0.39 is 0 Å². The van der Waals surface area contributed by atoms with Crippen LogP contribution < -0.4 is 4.90 Å². The number of thiophene rings is 1. The average molecular weight is 274 g/mol. The first-order valence-electron chi connectivity index (χ1n) is 7.10. The second-order valence-electron chi connectivity index (χ2n) is 5.83. The molecule has 1 aromatic carbocycles. The highest BCUT2D eigenvalue weighted by atomic mass is 32.1. The van der Waals surface area contributed by atoms with Crippen LogP contribution in [0.25, 0.3) is 10.1 Å². The van der Waals surface area contributed by atoms with E-state index >= 15 is 0 Å². The first-order chi connectivity index (χ1) is 9.13. The third-order valence-electron chi connectivity index (χ3n) is 4.01. The van der Waals surface area contributed by atoms with Crippen molar-refractivity contribution in [2.45, 2.75) is 19.8 Å². The van der Waals surface area contributed by atoms with Crippen LogP contribution >= 0.6 is 11.3 Å². The van der Waals surface area contributed by atoms with Crippen molar-refractivity contribution in [1.29, 1.82) is 0 Å². The van der Waals surface area contributed by atoms with Gasteiger partial charge in [0.2, 0.25) is 0 Å². The van der Waals surface area contributed by atoms with Gasteiger partial charge in [-0.3, -0.25) is 0 Å². The molecule has 2 aromatic rings. The highest BCUT2D eigenvalue weighted by Gasteiger charge is 2.16. The number of hydrogen-bond donors (Lipinski definition) is 0. The van der Waals surface area contributed by atoms with E-state index in [1.165, 1.54) is 33.7 Å². The molecule has 1 fully saturated rings. The Morgan fingerprint density at radius 3 is 2.47 bits per heavy atom. The van der Waals surface area contributed by atoms with E-state index in [9.17, 15) is 0 Å². The molecule has 1 aromatic heterocycles. The molecular formula is C16H22N2S. The van der Waals surface area contributed by atoms with Crippen LogP contribution in [0.5, 0.6) is 0 Å². The molecule has 0 unspecified atom stereocenters. The molecule has 0 saturated carbocycles. The molecule has 0 bridgehead atoms. The minimum absolute atomic E-state index is 0.608. The molecule has 102 valence electrons. The monoisotopic (exact) mass is 274 g/mol. The van der Waals surface area contributed by atoms with Crippen molar-refractivity contribution in [2.24, 2.45) is 0 Å². The highest BCUT2D eigenvalue weighted by Crippen LogP contribution is 2.34. The van der Waals surface area contributed by atoms with Gasteiger partial charge in [0.1, 0.15) is 0 Å². The zero-order valence-electron chi connectivity index (χ0n) is 12.0. The summed E-state index contributed by atoms with van der Waals surface area (Å²) in [5.74, 6) is 0.608. The molecule has 1 saturated heterocycles. The molecule has 0 radical (unpaired) electrons. The largest absolute Gasteiger partial charge is 0.361 e. The van der Waals surface area contributed by atoms with Gasteiger partial charge in [-0.2, -0.15) is 0 Å². The smallest absolute Gasteiger partial charge is 0.0921 e. The lowest BCUT2D eigenvalue weighted by Crippen LogP contribution is -2.44. The van der Waals surface area contributed by atoms with Gasteiger partial charge >= 0.3 is 0 Å². The minimum Gasteiger partial charge on any atom is -0.361 e. The van der Waals surface area contributed by atoms with Gasteiger partial charge in [0.05, 0.1) is 5.00 Å². The quantitative estimate of drug-likeness (QED) is 0.822. The van der Waals surface area contributed by atoms with E-state index in [2.05, 4.69) is 55.0 Å². The van der Waals surface area contributed by atoms with Crippen LogP contribution in [0.3, 0.4) is 0 Å². The van der Waals surface area contributed by atoms with Crippen LogP contribution in [0.4, 0.5) is 5.00 Å². The third kappa shape index (κ3) is 2.63. The minimum atomic E-state index is 0.608. The molecule has 0 N–H and O–H groups in total. The lowest BCUT2D eigenvalue weighted by Gasteiger charge is -2.32. The zero-order chi connectivity index (χ0) is 13.4. The molecule has 3 heteroatoms. The van der Waals surface area contributed by atoms with E-state index in [0.29, 0.717) is 5.92 Å². The number of piperazine rings is 1. The molecule has 2 nitrogen and oxygen atoms in total. The maximum Gasteiger partial charge on any atom is 0.0921 e. The molecular weight excluding hydrogens is 252 g/mol. The molecule has 2 heterocycles. The summed E-state index contributed by atoms with van der Waals surface area (Å²) < 4.78 is 1.42. The summed E-state index contributed by atoms with van der Waals surface area (Å²) in [6, 6.07) is 9.29. The van der Waals surface area contributed by atoms with Gasteiger partial charge in [-0.25, -0.2) is 0 Å². The second-order valence-corrected chi connectivity index (χ2v) is 6.89. The summed E-state index contributed by atoms with van der Waals surface area (Å²) >= 11 is 1.93. The molecule has 0 spiro atoms. The number of rotatable bonds is 2. The maximum atomic E-state index is 2.53. The fraction of sp³-hybridized carbons (Fsp3) is 0.500. The van der Waals surface area contributed by atoms with Crippen molar-refractivity contribution in [3.05, 3.63) is 29.8 Å². The van der Waals surface area contributed by atoms with Gasteiger partial charge < -0.3 is 9.80 Å². The Morgan fingerprint density at radius 2 is 1.79 bits per heavy atom. The van der Waals surface area contributed by atoms with Crippen LogP contribution in [0.15, 0.2) is 24.3 Å². The van der Waals surface area contributed by atoms with Crippen LogP contribution in [0, 0.1) is 0 Å². The number of anilines is 1. The molecule has 0 amide bonds. The Labute approximate surface area is 119 Å². The molecule has 1 aliphatic rings. The summed E-state index contributed by atoms with van der Waals surface area (Å²) in [4.78, 5) is 4.93. The fourth-order valence-electron chi connectivity index (χ4n) is 2.59. The van der Waals surface area contributed by atoms with Gasteiger partial charge in [0.15, 0.2) is 0 Å². The molecule has 1 aliphatic heterocycles. The van der Waals surface area contributed by atoms with Crippen LogP contribution in [-0.2, 0) is 0 Å². The van der Waals surface area contributed by atoms with E-state index in [1.807, 2.05) is 11.3 Å². The average Bonchev–Trinajstić information content (AvgIpc) is 2.82. The molecule has 0 atom stereocenters. The van der Waals surface area contributed by atoms with Crippen molar-refractivity contribution in [3.63, 3.8) is 0 Å². The fourth-order valence-corrected chi connectivity index (χ4v) is 3.68. The number of fused-ring (bicyclic) bond motifs is 1. The van der Waals surface area contributed by atoms with E-state index in [-0.39, 0.29) is 0 Å². The standard InChI is InChI=1S/C16H22N2S/c1-12(2)13-4-5-15-14(10-13)11-16(19-15)18-8-6-17(3)7-9-18/h4-5,10-12H,6-9H2,1-3H3. The van der Waals surface area contributed by atoms with E-state index in [1.54, 1.807) is 0 Å².